The van der Waals surface area contributed by atoms with Crippen molar-refractivity contribution in [2.45, 2.75) is 6.92 Å². The van der Waals surface area contributed by atoms with Crippen molar-refractivity contribution in [3.8, 4) is 0 Å². The largest absolute Gasteiger partial charge is 0.293 e. The fraction of sp³-hybridized carbons (Fsp3) is 0.200. The number of carbonyl (C=O) groups is 1. The molecule has 0 radical (unpaired) electrons. The molecule has 0 atom stereocenters. The number of fused-ring (bicyclic) bond motifs is 1. The van der Waals surface area contributed by atoms with E-state index in [-0.39, 0.29) is 5.91 Å². The van der Waals surface area contributed by atoms with Crippen LogP contribution in [0.4, 0.5) is 0 Å². The Bertz CT molecular complexity index is 504. The summed E-state index contributed by atoms with van der Waals surface area (Å²) in [6.45, 7) is 1.93. The molecule has 0 unspecified atom stereocenters. The van der Waals surface area contributed by atoms with Crippen molar-refractivity contribution >= 4 is 11.4 Å². The lowest BCUT2D eigenvalue weighted by molar-refractivity contribution is 0.0530. The predicted octanol–water partition coefficient (Wildman–Crippen LogP) is 0.934. The standard InChI is InChI=1S/C10H11N3O2/c1-7-5-8-3-4-11-13(8)9(6-7)10(14)12-15-2/h3-6H,1-2H3,(H,12,14). The number of aryl methyl sites for hydroxylation is 1. The third-order valence-corrected chi connectivity index (χ3v) is 2.07. The molecular formula is C10H11N3O2. The minimum absolute atomic E-state index is 0.310. The van der Waals surface area contributed by atoms with Crippen molar-refractivity contribution in [2.75, 3.05) is 7.11 Å². The van der Waals surface area contributed by atoms with Gasteiger partial charge < -0.3 is 0 Å². The zero-order valence-corrected chi connectivity index (χ0v) is 8.52. The van der Waals surface area contributed by atoms with Gasteiger partial charge in [-0.05, 0) is 30.7 Å². The first-order valence-corrected chi connectivity index (χ1v) is 4.50. The summed E-state index contributed by atoms with van der Waals surface area (Å²) in [6.07, 6.45) is 1.65. The third kappa shape index (κ3) is 1.69. The molecule has 0 saturated heterocycles. The van der Waals surface area contributed by atoms with E-state index in [1.54, 1.807) is 16.8 Å². The summed E-state index contributed by atoms with van der Waals surface area (Å²) in [5, 5.41) is 4.06. The van der Waals surface area contributed by atoms with Crippen molar-refractivity contribution in [1.29, 1.82) is 0 Å². The molecule has 2 rings (SSSR count). The predicted molar refractivity (Wildman–Crippen MR) is 54.4 cm³/mol. The Balaban J connectivity index is 2.57. The minimum atomic E-state index is -0.310. The van der Waals surface area contributed by atoms with E-state index >= 15 is 0 Å². The van der Waals surface area contributed by atoms with Gasteiger partial charge in [-0.15, -0.1) is 0 Å². The van der Waals surface area contributed by atoms with Gasteiger partial charge in [-0.2, -0.15) is 5.10 Å². The summed E-state index contributed by atoms with van der Waals surface area (Å²) in [7, 11) is 1.40. The van der Waals surface area contributed by atoms with Gasteiger partial charge in [0.05, 0.1) is 18.8 Å². The van der Waals surface area contributed by atoms with Crippen LogP contribution in [-0.4, -0.2) is 22.6 Å². The van der Waals surface area contributed by atoms with Gasteiger partial charge in [-0.1, -0.05) is 0 Å². The number of nitrogens with one attached hydrogen (secondary N) is 1. The first-order chi connectivity index (χ1) is 7.22. The maximum atomic E-state index is 11.6. The fourth-order valence-corrected chi connectivity index (χ4v) is 1.48. The van der Waals surface area contributed by atoms with Crippen molar-refractivity contribution in [1.82, 2.24) is 15.1 Å². The SMILES string of the molecule is CONC(=O)c1cc(C)cc2ccnn12. The summed E-state index contributed by atoms with van der Waals surface area (Å²) in [5.41, 5.74) is 4.62. The molecule has 0 aliphatic rings. The van der Waals surface area contributed by atoms with E-state index in [9.17, 15) is 4.79 Å². The van der Waals surface area contributed by atoms with Gasteiger partial charge in [0.25, 0.3) is 5.91 Å². The van der Waals surface area contributed by atoms with Crippen molar-refractivity contribution in [2.24, 2.45) is 0 Å². The van der Waals surface area contributed by atoms with Gasteiger partial charge in [0.15, 0.2) is 0 Å². The molecule has 78 valence electrons. The molecule has 0 saturated carbocycles. The number of hydrogen-bond donors (Lipinski definition) is 1. The molecular weight excluding hydrogens is 194 g/mol. The van der Waals surface area contributed by atoms with E-state index < -0.39 is 0 Å². The highest BCUT2D eigenvalue weighted by Crippen LogP contribution is 2.10. The monoisotopic (exact) mass is 205 g/mol. The lowest BCUT2D eigenvalue weighted by Gasteiger charge is -2.05. The molecule has 0 fully saturated rings. The number of pyridine rings is 1. The smallest absolute Gasteiger partial charge is 0.277 e. The quantitative estimate of drug-likeness (QED) is 0.742. The van der Waals surface area contributed by atoms with E-state index in [2.05, 4.69) is 15.4 Å². The summed E-state index contributed by atoms with van der Waals surface area (Å²) in [6, 6.07) is 5.56. The zero-order chi connectivity index (χ0) is 10.8. The van der Waals surface area contributed by atoms with Crippen LogP contribution in [0.15, 0.2) is 24.4 Å². The van der Waals surface area contributed by atoms with Gasteiger partial charge in [0.2, 0.25) is 0 Å². The topological polar surface area (TPSA) is 55.6 Å². The Morgan fingerprint density at radius 2 is 2.33 bits per heavy atom. The average molecular weight is 205 g/mol. The Labute approximate surface area is 86.6 Å². The van der Waals surface area contributed by atoms with Crippen LogP contribution >= 0.6 is 0 Å². The van der Waals surface area contributed by atoms with Crippen LogP contribution in [0.3, 0.4) is 0 Å². The Morgan fingerprint density at radius 3 is 3.07 bits per heavy atom. The lowest BCUT2D eigenvalue weighted by atomic mass is 10.2. The first-order valence-electron chi connectivity index (χ1n) is 4.50. The number of carbonyl (C=O) groups excluding carboxylic acids is 1. The second-order valence-electron chi connectivity index (χ2n) is 3.22. The molecule has 2 aromatic rings. The highest BCUT2D eigenvalue weighted by atomic mass is 16.6. The fourth-order valence-electron chi connectivity index (χ4n) is 1.48. The minimum Gasteiger partial charge on any atom is -0.277 e. The summed E-state index contributed by atoms with van der Waals surface area (Å²) >= 11 is 0. The second kappa shape index (κ2) is 3.70. The van der Waals surface area contributed by atoms with E-state index in [1.165, 1.54) is 7.11 Å². The Hall–Kier alpha value is -1.88. The lowest BCUT2D eigenvalue weighted by Crippen LogP contribution is -2.24. The third-order valence-electron chi connectivity index (χ3n) is 2.07. The van der Waals surface area contributed by atoms with Crippen LogP contribution < -0.4 is 5.48 Å². The van der Waals surface area contributed by atoms with Crippen LogP contribution in [0.1, 0.15) is 16.1 Å². The molecule has 1 N–H and O–H groups in total. The summed E-state index contributed by atoms with van der Waals surface area (Å²) in [4.78, 5) is 16.2. The second-order valence-corrected chi connectivity index (χ2v) is 3.22. The highest BCUT2D eigenvalue weighted by Gasteiger charge is 2.10. The molecule has 2 heterocycles. The number of hydrogen-bond acceptors (Lipinski definition) is 3. The van der Waals surface area contributed by atoms with Gasteiger partial charge in [0, 0.05) is 0 Å². The molecule has 1 amide bonds. The molecule has 0 aromatic carbocycles. The van der Waals surface area contributed by atoms with Crippen LogP contribution in [0.25, 0.3) is 5.52 Å². The van der Waals surface area contributed by atoms with Crippen LogP contribution in [0.2, 0.25) is 0 Å². The number of amides is 1. The number of hydroxylamine groups is 1. The van der Waals surface area contributed by atoms with Gasteiger partial charge in [-0.3, -0.25) is 9.63 Å². The number of nitrogens with zero attached hydrogens (tertiary/aromatic N) is 2. The average Bonchev–Trinajstić information content (AvgIpc) is 2.64. The molecule has 0 aliphatic heterocycles. The maximum absolute atomic E-state index is 11.6. The molecule has 0 spiro atoms. The van der Waals surface area contributed by atoms with E-state index in [4.69, 9.17) is 0 Å². The van der Waals surface area contributed by atoms with Crippen LogP contribution in [0, 0.1) is 6.92 Å². The highest BCUT2D eigenvalue weighted by molar-refractivity contribution is 5.92. The molecule has 0 bridgehead atoms. The van der Waals surface area contributed by atoms with Gasteiger partial charge in [-0.25, -0.2) is 10.00 Å². The van der Waals surface area contributed by atoms with Gasteiger partial charge in [0.1, 0.15) is 5.69 Å². The summed E-state index contributed by atoms with van der Waals surface area (Å²) < 4.78 is 1.57. The number of aromatic nitrogens is 2. The van der Waals surface area contributed by atoms with Crippen molar-refractivity contribution < 1.29 is 9.63 Å². The maximum Gasteiger partial charge on any atom is 0.293 e. The zero-order valence-electron chi connectivity index (χ0n) is 8.52. The number of rotatable bonds is 2. The van der Waals surface area contributed by atoms with E-state index in [0.29, 0.717) is 5.69 Å². The van der Waals surface area contributed by atoms with E-state index in [0.717, 1.165) is 11.1 Å². The summed E-state index contributed by atoms with van der Waals surface area (Å²) in [5.74, 6) is -0.310. The molecule has 0 aliphatic carbocycles. The normalized spacial score (nSPS) is 10.5. The van der Waals surface area contributed by atoms with Gasteiger partial charge >= 0.3 is 0 Å². The Kier molecular flexibility index (Phi) is 2.39. The first kappa shape index (κ1) is 9.67. The molecule has 5 nitrogen and oxygen atoms in total. The van der Waals surface area contributed by atoms with Crippen molar-refractivity contribution in [3.05, 3.63) is 35.7 Å². The molecule has 2 aromatic heterocycles. The van der Waals surface area contributed by atoms with Crippen molar-refractivity contribution in [3.63, 3.8) is 0 Å². The van der Waals surface area contributed by atoms with Crippen LogP contribution in [0.5, 0.6) is 0 Å². The van der Waals surface area contributed by atoms with E-state index in [1.807, 2.05) is 19.1 Å². The molecule has 15 heavy (non-hydrogen) atoms. The van der Waals surface area contributed by atoms with Crippen LogP contribution in [-0.2, 0) is 4.84 Å². The Morgan fingerprint density at radius 1 is 1.53 bits per heavy atom. The molecule has 5 heteroatoms.